The average Bonchev–Trinajstić information content (AvgIpc) is 2.18. The molecule has 5 heteroatoms. The summed E-state index contributed by atoms with van der Waals surface area (Å²) >= 11 is 0. The van der Waals surface area contributed by atoms with E-state index in [1.54, 1.807) is 4.90 Å². The van der Waals surface area contributed by atoms with E-state index in [-0.39, 0.29) is 5.91 Å². The van der Waals surface area contributed by atoms with Crippen molar-refractivity contribution in [1.82, 2.24) is 4.90 Å². The van der Waals surface area contributed by atoms with Gasteiger partial charge < -0.3 is 20.5 Å². The number of ether oxygens (including phenoxy) is 1. The van der Waals surface area contributed by atoms with Crippen LogP contribution in [0.15, 0.2) is 0 Å². The highest BCUT2D eigenvalue weighted by molar-refractivity contribution is 5.80. The first-order valence-corrected chi connectivity index (χ1v) is 4.50. The minimum Gasteiger partial charge on any atom is -0.383 e. The number of nitrogens with zero attached hydrogens (tertiary/aromatic N) is 1. The number of carbonyl (C=O) groups is 1. The molecular formula is C8H16N2O3. The van der Waals surface area contributed by atoms with E-state index in [0.717, 1.165) is 0 Å². The maximum Gasteiger partial charge on any atom is 0.251 e. The second kappa shape index (κ2) is 5.16. The van der Waals surface area contributed by atoms with Crippen molar-refractivity contribution in [3.63, 3.8) is 0 Å². The van der Waals surface area contributed by atoms with E-state index in [2.05, 4.69) is 0 Å². The number of hydrogen-bond donors (Lipinski definition) is 2. The van der Waals surface area contributed by atoms with E-state index in [9.17, 15) is 9.90 Å². The number of aliphatic hydroxyl groups excluding tert-OH is 1. The van der Waals surface area contributed by atoms with E-state index in [1.165, 1.54) is 0 Å². The molecule has 3 N–H and O–H groups in total. The summed E-state index contributed by atoms with van der Waals surface area (Å²) in [6.07, 6.45) is -0.612. The number of nitrogens with two attached hydrogens (primary N) is 1. The van der Waals surface area contributed by atoms with Crippen LogP contribution in [-0.4, -0.2) is 54.9 Å². The van der Waals surface area contributed by atoms with Crippen molar-refractivity contribution in [3.05, 3.63) is 0 Å². The van der Waals surface area contributed by atoms with Crippen molar-refractivity contribution < 1.29 is 14.6 Å². The lowest BCUT2D eigenvalue weighted by Crippen LogP contribution is -2.46. The van der Waals surface area contributed by atoms with E-state index in [4.69, 9.17) is 10.5 Å². The van der Waals surface area contributed by atoms with Crippen LogP contribution in [0.5, 0.6) is 0 Å². The normalized spacial score (nSPS) is 20.0. The molecule has 1 aliphatic heterocycles. The molecule has 5 nitrogen and oxygen atoms in total. The summed E-state index contributed by atoms with van der Waals surface area (Å²) in [5.74, 6) is -0.228. The Labute approximate surface area is 77.5 Å². The van der Waals surface area contributed by atoms with Gasteiger partial charge in [-0.3, -0.25) is 4.79 Å². The van der Waals surface area contributed by atoms with Crippen LogP contribution in [-0.2, 0) is 9.53 Å². The molecule has 1 aliphatic rings. The van der Waals surface area contributed by atoms with Gasteiger partial charge in [0, 0.05) is 13.1 Å². The van der Waals surface area contributed by atoms with Crippen molar-refractivity contribution in [2.24, 2.45) is 5.73 Å². The highest BCUT2D eigenvalue weighted by Crippen LogP contribution is 2.02. The molecule has 1 amide bonds. The number of amides is 1. The molecule has 0 aromatic carbocycles. The maximum absolute atomic E-state index is 11.5. The molecule has 1 heterocycles. The number of rotatable bonds is 3. The molecule has 0 spiro atoms. The topological polar surface area (TPSA) is 75.8 Å². The zero-order valence-corrected chi connectivity index (χ0v) is 7.61. The van der Waals surface area contributed by atoms with Crippen molar-refractivity contribution in [3.8, 4) is 0 Å². The number of aliphatic hydroxyl groups is 1. The lowest BCUT2D eigenvalue weighted by molar-refractivity contribution is -0.144. The molecule has 0 radical (unpaired) electrons. The smallest absolute Gasteiger partial charge is 0.251 e. The standard InChI is InChI=1S/C8H16N2O3/c9-2-1-7(11)8(12)10-3-5-13-6-4-10/h7,11H,1-6,9H2/t7-/m0/s1. The quantitative estimate of drug-likeness (QED) is 0.568. The summed E-state index contributed by atoms with van der Waals surface area (Å²) < 4.78 is 5.09. The summed E-state index contributed by atoms with van der Waals surface area (Å²) in [6, 6.07) is 0. The maximum atomic E-state index is 11.5. The molecular weight excluding hydrogens is 172 g/mol. The number of carbonyl (C=O) groups excluding carboxylic acids is 1. The minimum absolute atomic E-state index is 0.228. The van der Waals surface area contributed by atoms with Crippen LogP contribution in [0.1, 0.15) is 6.42 Å². The second-order valence-corrected chi connectivity index (χ2v) is 3.03. The summed E-state index contributed by atoms with van der Waals surface area (Å²) in [5.41, 5.74) is 5.24. The molecule has 0 aromatic rings. The largest absolute Gasteiger partial charge is 0.383 e. The number of morpholine rings is 1. The van der Waals surface area contributed by atoms with E-state index in [0.29, 0.717) is 39.3 Å². The van der Waals surface area contributed by atoms with Gasteiger partial charge in [-0.05, 0) is 13.0 Å². The fourth-order valence-corrected chi connectivity index (χ4v) is 1.28. The highest BCUT2D eigenvalue weighted by Gasteiger charge is 2.22. The Hall–Kier alpha value is -0.650. The molecule has 1 atom stereocenters. The fourth-order valence-electron chi connectivity index (χ4n) is 1.28. The third-order valence-corrected chi connectivity index (χ3v) is 2.05. The van der Waals surface area contributed by atoms with Crippen LogP contribution in [0.4, 0.5) is 0 Å². The van der Waals surface area contributed by atoms with Crippen molar-refractivity contribution in [2.45, 2.75) is 12.5 Å². The Bertz CT molecular complexity index is 169. The van der Waals surface area contributed by atoms with Crippen LogP contribution in [0.25, 0.3) is 0 Å². The van der Waals surface area contributed by atoms with Gasteiger partial charge in [-0.2, -0.15) is 0 Å². The average molecular weight is 188 g/mol. The summed E-state index contributed by atoms with van der Waals surface area (Å²) in [4.78, 5) is 13.1. The molecule has 0 bridgehead atoms. The molecule has 0 unspecified atom stereocenters. The Balaban J connectivity index is 2.36. The Morgan fingerprint density at radius 1 is 1.54 bits per heavy atom. The van der Waals surface area contributed by atoms with Gasteiger partial charge in [-0.15, -0.1) is 0 Å². The van der Waals surface area contributed by atoms with Crippen LogP contribution in [0, 0.1) is 0 Å². The van der Waals surface area contributed by atoms with Crippen LogP contribution in [0.3, 0.4) is 0 Å². The summed E-state index contributed by atoms with van der Waals surface area (Å²) in [7, 11) is 0. The third kappa shape index (κ3) is 2.95. The Morgan fingerprint density at radius 3 is 2.69 bits per heavy atom. The van der Waals surface area contributed by atoms with Crippen LogP contribution in [0.2, 0.25) is 0 Å². The third-order valence-electron chi connectivity index (χ3n) is 2.05. The van der Waals surface area contributed by atoms with Gasteiger partial charge in [0.05, 0.1) is 13.2 Å². The molecule has 1 saturated heterocycles. The van der Waals surface area contributed by atoms with Crippen molar-refractivity contribution in [2.75, 3.05) is 32.8 Å². The van der Waals surface area contributed by atoms with Gasteiger partial charge >= 0.3 is 0 Å². The SMILES string of the molecule is NCC[C@H](O)C(=O)N1CCOCC1. The van der Waals surface area contributed by atoms with Gasteiger partial charge in [-0.25, -0.2) is 0 Å². The zero-order chi connectivity index (χ0) is 9.68. The molecule has 0 aliphatic carbocycles. The first-order chi connectivity index (χ1) is 6.25. The molecule has 0 aromatic heterocycles. The first kappa shape index (κ1) is 10.4. The van der Waals surface area contributed by atoms with E-state index < -0.39 is 6.10 Å². The van der Waals surface area contributed by atoms with E-state index in [1.807, 2.05) is 0 Å². The molecule has 0 saturated carbocycles. The van der Waals surface area contributed by atoms with Crippen LogP contribution >= 0.6 is 0 Å². The predicted molar refractivity (Wildman–Crippen MR) is 47.1 cm³/mol. The predicted octanol–water partition coefficient (Wildman–Crippen LogP) is -1.45. The number of hydrogen-bond acceptors (Lipinski definition) is 4. The van der Waals surface area contributed by atoms with Gasteiger partial charge in [0.1, 0.15) is 6.10 Å². The fraction of sp³-hybridized carbons (Fsp3) is 0.875. The second-order valence-electron chi connectivity index (χ2n) is 3.03. The van der Waals surface area contributed by atoms with E-state index >= 15 is 0 Å². The van der Waals surface area contributed by atoms with Gasteiger partial charge in [0.25, 0.3) is 5.91 Å². The summed E-state index contributed by atoms with van der Waals surface area (Å²) in [5, 5.41) is 9.36. The monoisotopic (exact) mass is 188 g/mol. The lowest BCUT2D eigenvalue weighted by Gasteiger charge is -2.28. The summed E-state index contributed by atoms with van der Waals surface area (Å²) in [6.45, 7) is 2.58. The Kier molecular flexibility index (Phi) is 4.14. The van der Waals surface area contributed by atoms with Gasteiger partial charge in [0.2, 0.25) is 0 Å². The van der Waals surface area contributed by atoms with Crippen molar-refractivity contribution in [1.29, 1.82) is 0 Å². The van der Waals surface area contributed by atoms with Gasteiger partial charge in [0.15, 0.2) is 0 Å². The zero-order valence-electron chi connectivity index (χ0n) is 7.61. The van der Waals surface area contributed by atoms with Crippen LogP contribution < -0.4 is 5.73 Å². The molecule has 76 valence electrons. The highest BCUT2D eigenvalue weighted by atomic mass is 16.5. The van der Waals surface area contributed by atoms with Gasteiger partial charge in [-0.1, -0.05) is 0 Å². The Morgan fingerprint density at radius 2 is 2.15 bits per heavy atom. The first-order valence-electron chi connectivity index (χ1n) is 4.50. The lowest BCUT2D eigenvalue weighted by atomic mass is 10.2. The molecule has 1 rings (SSSR count). The molecule has 13 heavy (non-hydrogen) atoms. The minimum atomic E-state index is -0.942. The molecule has 1 fully saturated rings. The van der Waals surface area contributed by atoms with Crippen molar-refractivity contribution >= 4 is 5.91 Å².